The average Bonchev–Trinajstić information content (AvgIpc) is 2.38. The Morgan fingerprint density at radius 1 is 1.33 bits per heavy atom. The van der Waals surface area contributed by atoms with Crippen molar-refractivity contribution in [3.05, 3.63) is 29.8 Å². The fraction of sp³-hybridized carbons (Fsp3) is 0.385. The second kappa shape index (κ2) is 6.64. The van der Waals surface area contributed by atoms with E-state index in [9.17, 15) is 9.59 Å². The quantitative estimate of drug-likeness (QED) is 0.775. The summed E-state index contributed by atoms with van der Waals surface area (Å²) in [4.78, 5) is 23.4. The third-order valence-corrected chi connectivity index (χ3v) is 2.43. The number of ether oxygens (including phenoxy) is 1. The maximum absolute atomic E-state index is 12.0. The van der Waals surface area contributed by atoms with E-state index in [-0.39, 0.29) is 5.91 Å². The second-order valence-corrected chi connectivity index (χ2v) is 3.74. The lowest BCUT2D eigenvalue weighted by molar-refractivity contribution is -0.144. The number of hydrogen-bond acceptors (Lipinski definition) is 4. The predicted octanol–water partition coefficient (Wildman–Crippen LogP) is 1.41. The smallest absolute Gasteiger partial charge is 0.328 e. The zero-order valence-electron chi connectivity index (χ0n) is 10.8. The van der Waals surface area contributed by atoms with Crippen molar-refractivity contribution in [1.29, 1.82) is 0 Å². The average molecular weight is 250 g/mol. The van der Waals surface area contributed by atoms with E-state index in [0.717, 1.165) is 0 Å². The number of anilines is 1. The van der Waals surface area contributed by atoms with Gasteiger partial charge in [0.15, 0.2) is 0 Å². The van der Waals surface area contributed by atoms with Gasteiger partial charge in [0.05, 0.1) is 12.2 Å². The topological polar surface area (TPSA) is 67.4 Å². The summed E-state index contributed by atoms with van der Waals surface area (Å²) in [7, 11) is 1.74. The first-order valence-electron chi connectivity index (χ1n) is 5.84. The van der Waals surface area contributed by atoms with Crippen LogP contribution < -0.4 is 10.6 Å². The summed E-state index contributed by atoms with van der Waals surface area (Å²) in [5, 5.41) is 5.53. The van der Waals surface area contributed by atoms with Gasteiger partial charge in [-0.3, -0.25) is 4.79 Å². The molecule has 2 N–H and O–H groups in total. The molecule has 1 amide bonds. The van der Waals surface area contributed by atoms with E-state index in [0.29, 0.717) is 17.9 Å². The molecule has 0 aliphatic heterocycles. The summed E-state index contributed by atoms with van der Waals surface area (Å²) >= 11 is 0. The molecule has 5 heteroatoms. The highest BCUT2D eigenvalue weighted by atomic mass is 16.5. The van der Waals surface area contributed by atoms with E-state index in [1.54, 1.807) is 39.1 Å². The van der Waals surface area contributed by atoms with Crippen LogP contribution in [0.3, 0.4) is 0 Å². The molecule has 1 aromatic carbocycles. The number of nitrogens with one attached hydrogen (secondary N) is 2. The summed E-state index contributed by atoms with van der Waals surface area (Å²) in [6.07, 6.45) is 0. The Hall–Kier alpha value is -2.04. The molecule has 1 atom stereocenters. The van der Waals surface area contributed by atoms with E-state index in [2.05, 4.69) is 10.6 Å². The van der Waals surface area contributed by atoms with Gasteiger partial charge in [0.1, 0.15) is 6.04 Å². The van der Waals surface area contributed by atoms with Gasteiger partial charge < -0.3 is 15.4 Å². The Kier molecular flexibility index (Phi) is 5.17. The largest absolute Gasteiger partial charge is 0.464 e. The lowest BCUT2D eigenvalue weighted by atomic mass is 10.1. The van der Waals surface area contributed by atoms with Crippen LogP contribution in [-0.4, -0.2) is 31.6 Å². The van der Waals surface area contributed by atoms with E-state index in [1.807, 2.05) is 6.07 Å². The Morgan fingerprint density at radius 3 is 2.61 bits per heavy atom. The van der Waals surface area contributed by atoms with Crippen molar-refractivity contribution < 1.29 is 14.3 Å². The molecule has 0 saturated carbocycles. The normalized spacial score (nSPS) is 11.5. The number of carbonyl (C=O) groups excluding carboxylic acids is 2. The highest BCUT2D eigenvalue weighted by Gasteiger charge is 2.18. The summed E-state index contributed by atoms with van der Waals surface area (Å²) in [5.74, 6) is -0.742. The Bertz CT molecular complexity index is 432. The van der Waals surface area contributed by atoms with Crippen molar-refractivity contribution in [3.63, 3.8) is 0 Å². The lowest BCUT2D eigenvalue weighted by Crippen LogP contribution is -2.39. The number of esters is 1. The van der Waals surface area contributed by atoms with Gasteiger partial charge in [-0.2, -0.15) is 0 Å². The van der Waals surface area contributed by atoms with Crippen LogP contribution in [0, 0.1) is 0 Å². The number of amides is 1. The third kappa shape index (κ3) is 3.48. The molecular weight excluding hydrogens is 232 g/mol. The number of benzene rings is 1. The van der Waals surface area contributed by atoms with E-state index >= 15 is 0 Å². The minimum absolute atomic E-state index is 0.298. The minimum Gasteiger partial charge on any atom is -0.464 e. The molecule has 0 spiro atoms. The van der Waals surface area contributed by atoms with Gasteiger partial charge in [0, 0.05) is 12.7 Å². The zero-order valence-corrected chi connectivity index (χ0v) is 10.8. The molecule has 0 heterocycles. The van der Waals surface area contributed by atoms with Crippen LogP contribution in [0.2, 0.25) is 0 Å². The highest BCUT2D eigenvalue weighted by molar-refractivity contribution is 6.01. The number of hydrogen-bond donors (Lipinski definition) is 2. The molecule has 1 aromatic rings. The zero-order chi connectivity index (χ0) is 13.5. The maximum atomic E-state index is 12.0. The van der Waals surface area contributed by atoms with Crippen molar-refractivity contribution in [2.24, 2.45) is 0 Å². The van der Waals surface area contributed by atoms with Crippen LogP contribution in [0.15, 0.2) is 24.3 Å². The number of carbonyl (C=O) groups is 2. The van der Waals surface area contributed by atoms with Crippen LogP contribution in [0.25, 0.3) is 0 Å². The molecule has 0 aromatic heterocycles. The monoisotopic (exact) mass is 250 g/mol. The van der Waals surface area contributed by atoms with Crippen molar-refractivity contribution in [2.45, 2.75) is 19.9 Å². The first kappa shape index (κ1) is 14.0. The van der Waals surface area contributed by atoms with Crippen molar-refractivity contribution in [3.8, 4) is 0 Å². The summed E-state index contributed by atoms with van der Waals surface area (Å²) in [6.45, 7) is 3.62. The van der Waals surface area contributed by atoms with E-state index in [4.69, 9.17) is 4.74 Å². The molecule has 1 unspecified atom stereocenters. The Morgan fingerprint density at radius 2 is 2.00 bits per heavy atom. The summed E-state index contributed by atoms with van der Waals surface area (Å²) in [5.41, 5.74) is 1.21. The SMILES string of the molecule is CCOC(=O)C(C)NC(=O)c1ccccc1NC. The minimum atomic E-state index is -0.664. The molecule has 0 aliphatic carbocycles. The first-order chi connectivity index (χ1) is 8.60. The number of para-hydroxylation sites is 1. The van der Waals surface area contributed by atoms with Gasteiger partial charge in [-0.25, -0.2) is 4.79 Å². The van der Waals surface area contributed by atoms with Gasteiger partial charge in [-0.1, -0.05) is 12.1 Å². The molecule has 98 valence electrons. The van der Waals surface area contributed by atoms with E-state index in [1.165, 1.54) is 0 Å². The molecular formula is C13H18N2O3. The molecule has 0 fully saturated rings. The van der Waals surface area contributed by atoms with Crippen molar-refractivity contribution in [2.75, 3.05) is 19.0 Å². The summed E-state index contributed by atoms with van der Waals surface area (Å²) in [6, 6.07) is 6.42. The fourth-order valence-electron chi connectivity index (χ4n) is 1.50. The van der Waals surface area contributed by atoms with Crippen molar-refractivity contribution in [1.82, 2.24) is 5.32 Å². The third-order valence-electron chi connectivity index (χ3n) is 2.43. The summed E-state index contributed by atoms with van der Waals surface area (Å²) < 4.78 is 4.83. The molecule has 0 radical (unpaired) electrons. The van der Waals surface area contributed by atoms with Crippen LogP contribution in [0.5, 0.6) is 0 Å². The molecule has 5 nitrogen and oxygen atoms in total. The molecule has 0 saturated heterocycles. The predicted molar refractivity (Wildman–Crippen MR) is 69.5 cm³/mol. The van der Waals surface area contributed by atoms with Crippen molar-refractivity contribution >= 4 is 17.6 Å². The highest BCUT2D eigenvalue weighted by Crippen LogP contribution is 2.13. The first-order valence-corrected chi connectivity index (χ1v) is 5.84. The lowest BCUT2D eigenvalue weighted by Gasteiger charge is -2.14. The Labute approximate surface area is 107 Å². The van der Waals surface area contributed by atoms with E-state index < -0.39 is 12.0 Å². The van der Waals surface area contributed by atoms with Crippen LogP contribution >= 0.6 is 0 Å². The molecule has 0 bridgehead atoms. The standard InChI is InChI=1S/C13H18N2O3/c1-4-18-13(17)9(2)15-12(16)10-7-5-6-8-11(10)14-3/h5-9,14H,4H2,1-3H3,(H,15,16). The van der Waals surface area contributed by atoms with Gasteiger partial charge in [0.2, 0.25) is 0 Å². The van der Waals surface area contributed by atoms with Gasteiger partial charge >= 0.3 is 5.97 Å². The van der Waals surface area contributed by atoms with Gasteiger partial charge in [0.25, 0.3) is 5.91 Å². The second-order valence-electron chi connectivity index (χ2n) is 3.74. The van der Waals surface area contributed by atoms with Gasteiger partial charge in [-0.05, 0) is 26.0 Å². The van der Waals surface area contributed by atoms with Crippen LogP contribution in [0.1, 0.15) is 24.2 Å². The number of rotatable bonds is 5. The molecule has 0 aliphatic rings. The fourth-order valence-corrected chi connectivity index (χ4v) is 1.50. The van der Waals surface area contributed by atoms with Gasteiger partial charge in [-0.15, -0.1) is 0 Å². The molecule has 18 heavy (non-hydrogen) atoms. The Balaban J connectivity index is 2.73. The van der Waals surface area contributed by atoms with Crippen LogP contribution in [-0.2, 0) is 9.53 Å². The maximum Gasteiger partial charge on any atom is 0.328 e. The van der Waals surface area contributed by atoms with Crippen LogP contribution in [0.4, 0.5) is 5.69 Å². The molecule has 1 rings (SSSR count).